The molecule has 9 heteroatoms. The van der Waals surface area contributed by atoms with E-state index in [0.29, 0.717) is 36.9 Å². The Bertz CT molecular complexity index is 741. The number of rotatable bonds is 2. The Morgan fingerprint density at radius 2 is 2.09 bits per heavy atom. The first kappa shape index (κ1) is 16.2. The molecule has 0 radical (unpaired) electrons. The minimum Gasteiger partial charge on any atom is -0.294 e. The fraction of sp³-hybridized carbons (Fsp3) is 0.500. The lowest BCUT2D eigenvalue weighted by molar-refractivity contribution is -0.145. The van der Waals surface area contributed by atoms with Crippen LogP contribution in [0, 0.1) is 6.92 Å². The van der Waals surface area contributed by atoms with E-state index in [0.717, 1.165) is 16.8 Å². The second-order valence-electron chi connectivity index (χ2n) is 5.60. The molecule has 3 rings (SSSR count). The molecule has 0 unspecified atom stereocenters. The second-order valence-corrected chi connectivity index (χ2v) is 5.96. The third-order valence-corrected chi connectivity index (χ3v) is 4.39. The van der Waals surface area contributed by atoms with Crippen molar-refractivity contribution < 1.29 is 13.2 Å². The van der Waals surface area contributed by atoms with Crippen LogP contribution in [-0.4, -0.2) is 31.2 Å². The number of nitrogens with zero attached hydrogens (tertiary/aromatic N) is 5. The largest absolute Gasteiger partial charge is 0.451 e. The van der Waals surface area contributed by atoms with Crippen LogP contribution in [0.5, 0.6) is 0 Å². The molecule has 3 heterocycles. The van der Waals surface area contributed by atoms with Crippen molar-refractivity contribution in [2.45, 2.75) is 32.6 Å². The maximum atomic E-state index is 12.7. The summed E-state index contributed by atoms with van der Waals surface area (Å²) in [6, 6.07) is 0. The predicted octanol–water partition coefficient (Wildman–Crippen LogP) is 2.75. The first-order valence-electron chi connectivity index (χ1n) is 7.08. The molecule has 2 aromatic rings. The Hall–Kier alpha value is -1.67. The predicted molar refractivity (Wildman–Crippen MR) is 77.8 cm³/mol. The lowest BCUT2D eigenvalue weighted by Gasteiger charge is -2.28. The average molecular weight is 346 g/mol. The zero-order chi connectivity index (χ0) is 16.8. The molecule has 0 aliphatic carbocycles. The van der Waals surface area contributed by atoms with E-state index in [9.17, 15) is 13.2 Å². The van der Waals surface area contributed by atoms with E-state index in [4.69, 9.17) is 11.6 Å². The van der Waals surface area contributed by atoms with Crippen LogP contribution in [0.1, 0.15) is 28.3 Å². The monoisotopic (exact) mass is 345 g/mol. The van der Waals surface area contributed by atoms with Crippen molar-refractivity contribution in [1.29, 1.82) is 0 Å². The van der Waals surface area contributed by atoms with Gasteiger partial charge in [0.15, 0.2) is 0 Å². The highest BCUT2D eigenvalue weighted by molar-refractivity contribution is 6.30. The third-order valence-electron chi connectivity index (χ3n) is 3.92. The molecular formula is C14H15ClF3N5. The molecule has 0 saturated carbocycles. The quantitative estimate of drug-likeness (QED) is 0.839. The standard InChI is InChI=1S/C14H15ClF3N5/c1-8-10(12(15)22(2)21-8)7-23-4-3-11-9(6-23)5-19-13(20-11)14(16,17)18/h5H,3-4,6-7H2,1-2H3. The molecule has 2 aromatic heterocycles. The molecule has 1 aliphatic heterocycles. The van der Waals surface area contributed by atoms with Crippen LogP contribution in [0.2, 0.25) is 5.15 Å². The molecular weight excluding hydrogens is 331 g/mol. The summed E-state index contributed by atoms with van der Waals surface area (Å²) >= 11 is 6.23. The molecule has 0 fully saturated rings. The minimum absolute atomic E-state index is 0.456. The van der Waals surface area contributed by atoms with E-state index in [1.54, 1.807) is 11.7 Å². The molecule has 0 atom stereocenters. The zero-order valence-electron chi connectivity index (χ0n) is 12.7. The molecule has 124 valence electrons. The highest BCUT2D eigenvalue weighted by Gasteiger charge is 2.35. The van der Waals surface area contributed by atoms with Crippen LogP contribution in [-0.2, 0) is 32.7 Å². The fourth-order valence-electron chi connectivity index (χ4n) is 2.72. The summed E-state index contributed by atoms with van der Waals surface area (Å²) in [6.07, 6.45) is -2.78. The summed E-state index contributed by atoms with van der Waals surface area (Å²) in [5.74, 6) is -1.07. The van der Waals surface area contributed by atoms with Gasteiger partial charge in [0, 0.05) is 50.4 Å². The third kappa shape index (κ3) is 3.18. The van der Waals surface area contributed by atoms with Gasteiger partial charge in [-0.15, -0.1) is 0 Å². The number of alkyl halides is 3. The highest BCUT2D eigenvalue weighted by Crippen LogP contribution is 2.28. The SMILES string of the molecule is Cc1nn(C)c(Cl)c1CN1CCc2nc(C(F)(F)F)ncc2C1. The summed E-state index contributed by atoms with van der Waals surface area (Å²) in [7, 11) is 1.77. The Balaban J connectivity index is 1.78. The summed E-state index contributed by atoms with van der Waals surface area (Å²) < 4.78 is 39.6. The van der Waals surface area contributed by atoms with Crippen molar-refractivity contribution in [3.05, 3.63) is 39.7 Å². The summed E-state index contributed by atoms with van der Waals surface area (Å²) in [4.78, 5) is 9.20. The van der Waals surface area contributed by atoms with Gasteiger partial charge in [0.2, 0.25) is 5.82 Å². The summed E-state index contributed by atoms with van der Waals surface area (Å²) in [5.41, 5.74) is 2.98. The normalized spacial score (nSPS) is 15.7. The number of fused-ring (bicyclic) bond motifs is 1. The van der Waals surface area contributed by atoms with E-state index in [1.165, 1.54) is 6.20 Å². The topological polar surface area (TPSA) is 46.8 Å². The maximum Gasteiger partial charge on any atom is 0.451 e. The Morgan fingerprint density at radius 1 is 1.35 bits per heavy atom. The van der Waals surface area contributed by atoms with Gasteiger partial charge in [-0.25, -0.2) is 9.97 Å². The number of aryl methyl sites for hydroxylation is 2. The van der Waals surface area contributed by atoms with E-state index in [1.807, 2.05) is 6.92 Å². The molecule has 5 nitrogen and oxygen atoms in total. The van der Waals surface area contributed by atoms with Crippen molar-refractivity contribution >= 4 is 11.6 Å². The van der Waals surface area contributed by atoms with E-state index >= 15 is 0 Å². The van der Waals surface area contributed by atoms with E-state index in [2.05, 4.69) is 20.0 Å². The van der Waals surface area contributed by atoms with Crippen LogP contribution in [0.25, 0.3) is 0 Å². The molecule has 1 aliphatic rings. The molecule has 23 heavy (non-hydrogen) atoms. The maximum absolute atomic E-state index is 12.7. The van der Waals surface area contributed by atoms with Crippen molar-refractivity contribution in [2.75, 3.05) is 6.54 Å². The lowest BCUT2D eigenvalue weighted by atomic mass is 10.1. The van der Waals surface area contributed by atoms with Crippen LogP contribution in [0.15, 0.2) is 6.20 Å². The van der Waals surface area contributed by atoms with Crippen molar-refractivity contribution in [1.82, 2.24) is 24.6 Å². The first-order chi connectivity index (χ1) is 10.8. The van der Waals surface area contributed by atoms with Gasteiger partial charge in [-0.05, 0) is 6.92 Å². The van der Waals surface area contributed by atoms with Crippen LogP contribution < -0.4 is 0 Å². The van der Waals surface area contributed by atoms with Gasteiger partial charge in [0.05, 0.1) is 11.4 Å². The Morgan fingerprint density at radius 3 is 2.70 bits per heavy atom. The minimum atomic E-state index is -4.51. The number of halogens is 4. The van der Waals surface area contributed by atoms with E-state index < -0.39 is 12.0 Å². The van der Waals surface area contributed by atoms with Crippen molar-refractivity contribution in [3.8, 4) is 0 Å². The molecule has 0 aromatic carbocycles. The molecule has 0 N–H and O–H groups in total. The van der Waals surface area contributed by atoms with Gasteiger partial charge in [0.25, 0.3) is 0 Å². The zero-order valence-corrected chi connectivity index (χ0v) is 13.4. The van der Waals surface area contributed by atoms with Crippen molar-refractivity contribution in [2.24, 2.45) is 7.05 Å². The number of aromatic nitrogens is 4. The van der Waals surface area contributed by atoms with Gasteiger partial charge >= 0.3 is 6.18 Å². The Kier molecular flexibility index (Phi) is 4.05. The van der Waals surface area contributed by atoms with Gasteiger partial charge in [-0.1, -0.05) is 11.6 Å². The highest BCUT2D eigenvalue weighted by atomic mass is 35.5. The molecule has 0 saturated heterocycles. The second kappa shape index (κ2) is 5.76. The van der Waals surface area contributed by atoms with Gasteiger partial charge in [-0.3, -0.25) is 9.58 Å². The van der Waals surface area contributed by atoms with Gasteiger partial charge in [0.1, 0.15) is 5.15 Å². The van der Waals surface area contributed by atoms with Gasteiger partial charge in [-0.2, -0.15) is 18.3 Å². The van der Waals surface area contributed by atoms with Gasteiger partial charge < -0.3 is 0 Å². The van der Waals surface area contributed by atoms with Crippen molar-refractivity contribution in [3.63, 3.8) is 0 Å². The number of hydrogen-bond acceptors (Lipinski definition) is 4. The molecule has 0 bridgehead atoms. The van der Waals surface area contributed by atoms with Crippen LogP contribution >= 0.6 is 11.6 Å². The number of hydrogen-bond donors (Lipinski definition) is 0. The molecule has 0 spiro atoms. The van der Waals surface area contributed by atoms with Crippen LogP contribution in [0.3, 0.4) is 0 Å². The summed E-state index contributed by atoms with van der Waals surface area (Å²) in [6.45, 7) is 3.60. The average Bonchev–Trinajstić information content (AvgIpc) is 2.72. The van der Waals surface area contributed by atoms with E-state index in [-0.39, 0.29) is 0 Å². The summed E-state index contributed by atoms with van der Waals surface area (Å²) in [5, 5.41) is 4.85. The smallest absolute Gasteiger partial charge is 0.294 e. The van der Waals surface area contributed by atoms with Crippen LogP contribution in [0.4, 0.5) is 13.2 Å². The lowest BCUT2D eigenvalue weighted by Crippen LogP contribution is -2.31. The Labute approximate surface area is 136 Å². The molecule has 0 amide bonds. The first-order valence-corrected chi connectivity index (χ1v) is 7.46. The fourth-order valence-corrected chi connectivity index (χ4v) is 2.96.